The number of benzene rings is 2. The van der Waals surface area contributed by atoms with Gasteiger partial charge in [-0.05, 0) is 58.7 Å². The van der Waals surface area contributed by atoms with Crippen molar-refractivity contribution in [1.29, 1.82) is 0 Å². The zero-order valence-corrected chi connectivity index (χ0v) is 14.8. The van der Waals surface area contributed by atoms with Gasteiger partial charge in [0.2, 0.25) is 0 Å². The average molecular weight is 419 g/mol. The molecule has 104 valence electrons. The van der Waals surface area contributed by atoms with Crippen molar-refractivity contribution in [2.24, 2.45) is 0 Å². The molecule has 0 spiro atoms. The highest BCUT2D eigenvalue weighted by Crippen LogP contribution is 2.30. The lowest BCUT2D eigenvalue weighted by molar-refractivity contribution is 0.103. The van der Waals surface area contributed by atoms with Gasteiger partial charge in [-0.2, -0.15) is 0 Å². The van der Waals surface area contributed by atoms with Crippen molar-refractivity contribution in [3.05, 3.63) is 61.0 Å². The van der Waals surface area contributed by atoms with E-state index in [1.807, 2.05) is 13.0 Å². The first-order valence-corrected chi connectivity index (χ1v) is 7.74. The standard InChI is InChI=1S/C15H11Br2ClO2/c1-8-5-14(20-2)10(7-12(8)17)15(19)9-3-4-11(16)13(18)6-9/h3-7H,1-2H3. The molecule has 0 saturated heterocycles. The zero-order valence-electron chi connectivity index (χ0n) is 10.8. The van der Waals surface area contributed by atoms with E-state index in [9.17, 15) is 4.79 Å². The number of carbonyl (C=O) groups is 1. The molecule has 0 bridgehead atoms. The van der Waals surface area contributed by atoms with Crippen molar-refractivity contribution in [2.75, 3.05) is 7.11 Å². The fourth-order valence-corrected chi connectivity index (χ4v) is 2.56. The Morgan fingerprint density at radius 3 is 2.45 bits per heavy atom. The number of aryl methyl sites for hydroxylation is 1. The molecule has 2 nitrogen and oxygen atoms in total. The molecule has 0 radical (unpaired) electrons. The van der Waals surface area contributed by atoms with Crippen molar-refractivity contribution in [1.82, 2.24) is 0 Å². The number of hydrogen-bond acceptors (Lipinski definition) is 2. The Bertz CT molecular complexity index is 684. The van der Waals surface area contributed by atoms with Crippen LogP contribution < -0.4 is 4.74 Å². The predicted octanol–water partition coefficient (Wildman–Crippen LogP) is 5.41. The van der Waals surface area contributed by atoms with E-state index in [1.165, 1.54) is 0 Å². The Kier molecular flexibility index (Phi) is 4.89. The number of hydrogen-bond donors (Lipinski definition) is 0. The summed E-state index contributed by atoms with van der Waals surface area (Å²) in [4.78, 5) is 12.6. The molecule has 0 amide bonds. The van der Waals surface area contributed by atoms with E-state index >= 15 is 0 Å². The van der Waals surface area contributed by atoms with Crippen LogP contribution in [0.25, 0.3) is 0 Å². The summed E-state index contributed by atoms with van der Waals surface area (Å²) in [6.45, 7) is 1.94. The lowest BCUT2D eigenvalue weighted by atomic mass is 10.0. The van der Waals surface area contributed by atoms with Gasteiger partial charge in [-0.1, -0.05) is 27.5 Å². The summed E-state index contributed by atoms with van der Waals surface area (Å²) >= 11 is 12.8. The third-order valence-corrected chi connectivity index (χ3v) is 4.99. The molecule has 0 unspecified atom stereocenters. The molecule has 2 aromatic carbocycles. The van der Waals surface area contributed by atoms with Gasteiger partial charge >= 0.3 is 0 Å². The maximum Gasteiger partial charge on any atom is 0.196 e. The molecule has 0 atom stereocenters. The summed E-state index contributed by atoms with van der Waals surface area (Å²) < 4.78 is 6.92. The van der Waals surface area contributed by atoms with Crippen LogP contribution >= 0.6 is 43.5 Å². The third-order valence-electron chi connectivity index (χ3n) is 2.91. The number of methoxy groups -OCH3 is 1. The molecule has 20 heavy (non-hydrogen) atoms. The Labute approximate surface area is 139 Å². The summed E-state index contributed by atoms with van der Waals surface area (Å²) in [7, 11) is 1.55. The first kappa shape index (κ1) is 15.5. The van der Waals surface area contributed by atoms with Gasteiger partial charge in [0.05, 0.1) is 17.7 Å². The minimum Gasteiger partial charge on any atom is -0.496 e. The topological polar surface area (TPSA) is 26.3 Å². The van der Waals surface area contributed by atoms with Crippen LogP contribution in [-0.2, 0) is 0 Å². The van der Waals surface area contributed by atoms with Gasteiger partial charge in [0.25, 0.3) is 0 Å². The van der Waals surface area contributed by atoms with Gasteiger partial charge in [-0.15, -0.1) is 0 Å². The Balaban J connectivity index is 2.52. The maximum absolute atomic E-state index is 12.6. The highest BCUT2D eigenvalue weighted by atomic mass is 79.9. The smallest absolute Gasteiger partial charge is 0.196 e. The molecular formula is C15H11Br2ClO2. The molecule has 0 fully saturated rings. The lowest BCUT2D eigenvalue weighted by Crippen LogP contribution is -2.05. The molecule has 0 saturated carbocycles. The summed E-state index contributed by atoms with van der Waals surface area (Å²) in [6, 6.07) is 8.72. The number of ketones is 1. The largest absolute Gasteiger partial charge is 0.496 e. The summed E-state index contributed by atoms with van der Waals surface area (Å²) in [5.74, 6) is 0.423. The van der Waals surface area contributed by atoms with E-state index in [2.05, 4.69) is 31.9 Å². The second kappa shape index (κ2) is 6.29. The van der Waals surface area contributed by atoms with Crippen LogP contribution in [0.4, 0.5) is 0 Å². The van der Waals surface area contributed by atoms with Crippen LogP contribution in [0, 0.1) is 6.92 Å². The third kappa shape index (κ3) is 3.08. The monoisotopic (exact) mass is 416 g/mol. The van der Waals surface area contributed by atoms with E-state index in [-0.39, 0.29) is 5.78 Å². The molecule has 0 aliphatic heterocycles. The molecule has 0 aromatic heterocycles. The van der Waals surface area contributed by atoms with E-state index in [4.69, 9.17) is 16.3 Å². The quantitative estimate of drug-likeness (QED) is 0.623. The Morgan fingerprint density at radius 1 is 1.15 bits per heavy atom. The van der Waals surface area contributed by atoms with Crippen molar-refractivity contribution >= 4 is 49.2 Å². The van der Waals surface area contributed by atoms with E-state index in [0.717, 1.165) is 14.5 Å². The van der Waals surface area contributed by atoms with Crippen molar-refractivity contribution in [3.8, 4) is 5.75 Å². The van der Waals surface area contributed by atoms with Gasteiger partial charge in [0, 0.05) is 14.5 Å². The van der Waals surface area contributed by atoms with Crippen molar-refractivity contribution in [2.45, 2.75) is 6.92 Å². The normalized spacial score (nSPS) is 10.4. The van der Waals surface area contributed by atoms with E-state index in [1.54, 1.807) is 31.4 Å². The molecule has 5 heteroatoms. The van der Waals surface area contributed by atoms with Crippen LogP contribution in [0.15, 0.2) is 39.3 Å². The lowest BCUT2D eigenvalue weighted by Gasteiger charge is -2.11. The SMILES string of the molecule is COc1cc(C)c(Br)cc1C(=O)c1ccc(Br)c(Cl)c1. The molecule has 0 N–H and O–H groups in total. The van der Waals surface area contributed by atoms with Crippen LogP contribution in [-0.4, -0.2) is 12.9 Å². The second-order valence-corrected chi connectivity index (χ2v) is 6.38. The Morgan fingerprint density at radius 2 is 1.85 bits per heavy atom. The molecule has 2 aromatic rings. The Hall–Kier alpha value is -0.840. The van der Waals surface area contributed by atoms with E-state index < -0.39 is 0 Å². The summed E-state index contributed by atoms with van der Waals surface area (Å²) in [5.41, 5.74) is 2.03. The fourth-order valence-electron chi connectivity index (χ4n) is 1.79. The van der Waals surface area contributed by atoms with E-state index in [0.29, 0.717) is 21.9 Å². The van der Waals surface area contributed by atoms with Crippen LogP contribution in [0.2, 0.25) is 5.02 Å². The van der Waals surface area contributed by atoms with Gasteiger partial charge in [-0.3, -0.25) is 4.79 Å². The highest BCUT2D eigenvalue weighted by Gasteiger charge is 2.17. The first-order valence-electron chi connectivity index (χ1n) is 5.78. The summed E-state index contributed by atoms with van der Waals surface area (Å²) in [6.07, 6.45) is 0. The number of halogens is 3. The van der Waals surface area contributed by atoms with Crippen LogP contribution in [0.1, 0.15) is 21.5 Å². The number of ether oxygens (including phenoxy) is 1. The molecule has 0 aliphatic carbocycles. The van der Waals surface area contributed by atoms with Crippen LogP contribution in [0.3, 0.4) is 0 Å². The predicted molar refractivity (Wildman–Crippen MR) is 88.0 cm³/mol. The zero-order chi connectivity index (χ0) is 14.9. The molecule has 0 aliphatic rings. The minimum absolute atomic E-state index is 0.128. The molecule has 0 heterocycles. The molecular weight excluding hydrogens is 407 g/mol. The average Bonchev–Trinajstić information content (AvgIpc) is 2.43. The highest BCUT2D eigenvalue weighted by molar-refractivity contribution is 9.10. The molecule has 2 rings (SSSR count). The fraction of sp³-hybridized carbons (Fsp3) is 0.133. The van der Waals surface area contributed by atoms with Crippen molar-refractivity contribution < 1.29 is 9.53 Å². The second-order valence-electron chi connectivity index (χ2n) is 4.26. The van der Waals surface area contributed by atoms with Crippen molar-refractivity contribution in [3.63, 3.8) is 0 Å². The number of rotatable bonds is 3. The first-order chi connectivity index (χ1) is 9.43. The maximum atomic E-state index is 12.6. The van der Waals surface area contributed by atoms with Gasteiger partial charge in [-0.25, -0.2) is 0 Å². The van der Waals surface area contributed by atoms with Gasteiger partial charge in [0.15, 0.2) is 5.78 Å². The minimum atomic E-state index is -0.128. The number of carbonyl (C=O) groups excluding carboxylic acids is 1. The van der Waals surface area contributed by atoms with Gasteiger partial charge in [0.1, 0.15) is 5.75 Å². The summed E-state index contributed by atoms with van der Waals surface area (Å²) in [5, 5.41) is 0.501. The van der Waals surface area contributed by atoms with Gasteiger partial charge < -0.3 is 4.74 Å². The van der Waals surface area contributed by atoms with Crippen LogP contribution in [0.5, 0.6) is 5.75 Å².